The van der Waals surface area contributed by atoms with Crippen LogP contribution in [0.1, 0.15) is 24.5 Å². The second kappa shape index (κ2) is 7.32. The first kappa shape index (κ1) is 17.6. The molecule has 0 aromatic carbocycles. The SMILES string of the molecule is C[C@@H]1O[C@H]([C@H](O)c2ccco2)[C@@H](O)[C@H]1O.Cc1ncnc2[nH]ccc12. The van der Waals surface area contributed by atoms with E-state index in [4.69, 9.17) is 9.15 Å². The summed E-state index contributed by atoms with van der Waals surface area (Å²) in [4.78, 5) is 11.1. The van der Waals surface area contributed by atoms with E-state index in [-0.39, 0.29) is 0 Å². The van der Waals surface area contributed by atoms with E-state index in [1.165, 1.54) is 6.26 Å². The monoisotopic (exact) mass is 347 g/mol. The van der Waals surface area contributed by atoms with Crippen LogP contribution < -0.4 is 0 Å². The fraction of sp³-hybridized carbons (Fsp3) is 0.412. The summed E-state index contributed by atoms with van der Waals surface area (Å²) in [5.74, 6) is 0.320. The van der Waals surface area contributed by atoms with Crippen molar-refractivity contribution < 1.29 is 24.5 Å². The Morgan fingerprint density at radius 1 is 1.20 bits per heavy atom. The highest BCUT2D eigenvalue weighted by Gasteiger charge is 2.44. The zero-order valence-electron chi connectivity index (χ0n) is 13.9. The first-order valence-electron chi connectivity index (χ1n) is 7.96. The van der Waals surface area contributed by atoms with Crippen molar-refractivity contribution in [3.05, 3.63) is 48.4 Å². The molecule has 0 unspecified atom stereocenters. The van der Waals surface area contributed by atoms with E-state index >= 15 is 0 Å². The molecule has 25 heavy (non-hydrogen) atoms. The number of ether oxygens (including phenoxy) is 1. The summed E-state index contributed by atoms with van der Waals surface area (Å²) in [6.07, 6.45) is 0.394. The van der Waals surface area contributed by atoms with Gasteiger partial charge in [0.05, 0.1) is 18.1 Å². The lowest BCUT2D eigenvalue weighted by Crippen LogP contribution is -2.34. The van der Waals surface area contributed by atoms with E-state index in [1.807, 2.05) is 19.2 Å². The summed E-state index contributed by atoms with van der Waals surface area (Å²) in [6.45, 7) is 3.61. The Bertz CT molecular complexity index is 804. The lowest BCUT2D eigenvalue weighted by molar-refractivity contribution is -0.0706. The molecule has 0 saturated carbocycles. The molecule has 0 spiro atoms. The number of hydrogen-bond donors (Lipinski definition) is 4. The Morgan fingerprint density at radius 3 is 2.60 bits per heavy atom. The van der Waals surface area contributed by atoms with Crippen molar-refractivity contribution in [2.45, 2.75) is 44.4 Å². The molecule has 4 rings (SSSR count). The molecule has 0 amide bonds. The molecule has 5 atom stereocenters. The van der Waals surface area contributed by atoms with Gasteiger partial charge in [-0.2, -0.15) is 0 Å². The van der Waals surface area contributed by atoms with Crippen LogP contribution in [0.2, 0.25) is 0 Å². The van der Waals surface area contributed by atoms with Gasteiger partial charge in [-0.1, -0.05) is 0 Å². The summed E-state index contributed by atoms with van der Waals surface area (Å²) < 4.78 is 10.3. The highest BCUT2D eigenvalue weighted by molar-refractivity contribution is 5.77. The highest BCUT2D eigenvalue weighted by atomic mass is 16.6. The van der Waals surface area contributed by atoms with Crippen molar-refractivity contribution in [3.8, 4) is 0 Å². The van der Waals surface area contributed by atoms with Crippen molar-refractivity contribution in [3.63, 3.8) is 0 Å². The van der Waals surface area contributed by atoms with Gasteiger partial charge in [-0.15, -0.1) is 0 Å². The fourth-order valence-electron chi connectivity index (χ4n) is 2.77. The number of nitrogens with one attached hydrogen (secondary N) is 1. The van der Waals surface area contributed by atoms with Crippen LogP contribution in [0.3, 0.4) is 0 Å². The molecule has 4 N–H and O–H groups in total. The largest absolute Gasteiger partial charge is 0.466 e. The quantitative estimate of drug-likeness (QED) is 0.547. The van der Waals surface area contributed by atoms with Gasteiger partial charge in [0.15, 0.2) is 0 Å². The molecular formula is C17H21N3O5. The molecule has 0 radical (unpaired) electrons. The molecule has 134 valence electrons. The van der Waals surface area contributed by atoms with Crippen LogP contribution >= 0.6 is 0 Å². The maximum atomic E-state index is 9.83. The van der Waals surface area contributed by atoms with Crippen molar-refractivity contribution in [1.29, 1.82) is 0 Å². The molecular weight excluding hydrogens is 326 g/mol. The topological polar surface area (TPSA) is 125 Å². The van der Waals surface area contributed by atoms with E-state index < -0.39 is 30.5 Å². The van der Waals surface area contributed by atoms with Crippen LogP contribution in [0.4, 0.5) is 0 Å². The highest BCUT2D eigenvalue weighted by Crippen LogP contribution is 2.30. The van der Waals surface area contributed by atoms with E-state index in [0.29, 0.717) is 5.76 Å². The summed E-state index contributed by atoms with van der Waals surface area (Å²) in [5.41, 5.74) is 1.93. The van der Waals surface area contributed by atoms with Crippen LogP contribution in [0.5, 0.6) is 0 Å². The summed E-state index contributed by atoms with van der Waals surface area (Å²) in [5, 5.41) is 30.0. The van der Waals surface area contributed by atoms with E-state index in [1.54, 1.807) is 25.4 Å². The standard InChI is InChI=1S/C10H14O5.C7H7N3/c1-5-7(11)9(13)10(15-5)8(12)6-3-2-4-14-6;1-5-6-2-3-8-7(6)10-4-9-5/h2-5,7-13H,1H3;2-4H,1H3,(H,8,9,10)/t5-,7-,8+,9-,10+;/m0./s1. The minimum Gasteiger partial charge on any atom is -0.466 e. The van der Waals surface area contributed by atoms with Gasteiger partial charge in [0, 0.05) is 11.6 Å². The van der Waals surface area contributed by atoms with Crippen molar-refractivity contribution in [1.82, 2.24) is 15.0 Å². The Hall–Kier alpha value is -2.26. The second-order valence-electron chi connectivity index (χ2n) is 5.95. The zero-order valence-corrected chi connectivity index (χ0v) is 13.9. The predicted octanol–water partition coefficient (Wildman–Crippen LogP) is 1.09. The van der Waals surface area contributed by atoms with Crippen molar-refractivity contribution >= 4 is 11.0 Å². The molecule has 8 nitrogen and oxygen atoms in total. The average molecular weight is 347 g/mol. The lowest BCUT2D eigenvalue weighted by Gasteiger charge is -2.19. The van der Waals surface area contributed by atoms with Gasteiger partial charge in [0.1, 0.15) is 42.2 Å². The number of nitrogens with zero attached hydrogens (tertiary/aromatic N) is 2. The number of furan rings is 1. The van der Waals surface area contributed by atoms with E-state index in [9.17, 15) is 15.3 Å². The third-order valence-corrected chi connectivity index (χ3v) is 4.24. The lowest BCUT2D eigenvalue weighted by atomic mass is 10.0. The number of rotatable bonds is 2. The summed E-state index contributed by atoms with van der Waals surface area (Å²) in [7, 11) is 0. The number of aliphatic hydroxyl groups excluding tert-OH is 3. The normalized spacial score (nSPS) is 27.1. The third-order valence-electron chi connectivity index (χ3n) is 4.24. The maximum absolute atomic E-state index is 9.83. The van der Waals surface area contributed by atoms with Crippen LogP contribution in [-0.2, 0) is 4.74 Å². The third kappa shape index (κ3) is 3.57. The molecule has 3 aromatic heterocycles. The number of hydrogen-bond acceptors (Lipinski definition) is 7. The van der Waals surface area contributed by atoms with Gasteiger partial charge in [-0.25, -0.2) is 9.97 Å². The van der Waals surface area contributed by atoms with Crippen LogP contribution in [0, 0.1) is 6.92 Å². The van der Waals surface area contributed by atoms with Crippen LogP contribution in [0.25, 0.3) is 11.0 Å². The number of fused-ring (bicyclic) bond motifs is 1. The van der Waals surface area contributed by atoms with Crippen molar-refractivity contribution in [2.75, 3.05) is 0 Å². The van der Waals surface area contributed by atoms with E-state index in [2.05, 4.69) is 15.0 Å². The molecule has 8 heteroatoms. The first-order valence-corrected chi connectivity index (χ1v) is 7.96. The minimum atomic E-state index is -1.10. The first-order chi connectivity index (χ1) is 12.0. The molecule has 1 fully saturated rings. The number of aryl methyl sites for hydroxylation is 1. The van der Waals surface area contributed by atoms with Gasteiger partial charge >= 0.3 is 0 Å². The fourth-order valence-corrected chi connectivity index (χ4v) is 2.77. The molecule has 0 aliphatic carbocycles. The Balaban J connectivity index is 0.000000157. The van der Waals surface area contributed by atoms with E-state index in [0.717, 1.165) is 16.7 Å². The molecule has 0 bridgehead atoms. The molecule has 3 aromatic rings. The number of aliphatic hydroxyl groups is 3. The van der Waals surface area contributed by atoms with Crippen LogP contribution in [-0.4, -0.2) is 54.7 Å². The number of H-pyrrole nitrogens is 1. The Labute approximate surface area is 144 Å². The van der Waals surface area contributed by atoms with Gasteiger partial charge in [0.25, 0.3) is 0 Å². The Kier molecular flexibility index (Phi) is 5.14. The molecule has 4 heterocycles. The minimum absolute atomic E-state index is 0.320. The average Bonchev–Trinajstić information content (AvgIpc) is 3.33. The smallest absolute Gasteiger partial charge is 0.140 e. The van der Waals surface area contributed by atoms with Crippen LogP contribution in [0.15, 0.2) is 41.4 Å². The molecule has 1 aliphatic rings. The number of aromatic nitrogens is 3. The van der Waals surface area contributed by atoms with Crippen molar-refractivity contribution in [2.24, 2.45) is 0 Å². The second-order valence-corrected chi connectivity index (χ2v) is 5.95. The summed E-state index contributed by atoms with van der Waals surface area (Å²) >= 11 is 0. The van der Waals surface area contributed by atoms with Gasteiger partial charge in [-0.05, 0) is 32.0 Å². The summed E-state index contributed by atoms with van der Waals surface area (Å²) in [6, 6.07) is 5.21. The molecule has 1 aliphatic heterocycles. The van der Waals surface area contributed by atoms with Gasteiger partial charge in [-0.3, -0.25) is 0 Å². The zero-order chi connectivity index (χ0) is 18.0. The molecule has 1 saturated heterocycles. The predicted molar refractivity (Wildman–Crippen MR) is 88.6 cm³/mol. The van der Waals surface area contributed by atoms with Gasteiger partial charge in [0.2, 0.25) is 0 Å². The Morgan fingerprint density at radius 2 is 2.00 bits per heavy atom. The van der Waals surface area contributed by atoms with Gasteiger partial charge < -0.3 is 29.5 Å². The number of aromatic amines is 1. The maximum Gasteiger partial charge on any atom is 0.140 e.